The van der Waals surface area contributed by atoms with Gasteiger partial charge in [0.15, 0.2) is 0 Å². The van der Waals surface area contributed by atoms with Gasteiger partial charge in [-0.05, 0) is 19.8 Å². The van der Waals surface area contributed by atoms with Gasteiger partial charge in [-0.3, -0.25) is 14.9 Å². The minimum atomic E-state index is -1.15. The van der Waals surface area contributed by atoms with Gasteiger partial charge in [-0.15, -0.1) is 0 Å². The average molecular weight is 273 g/mol. The van der Waals surface area contributed by atoms with E-state index in [4.69, 9.17) is 4.74 Å². The molecule has 6 nitrogen and oxygen atoms in total. The minimum Gasteiger partial charge on any atom is -0.466 e. The van der Waals surface area contributed by atoms with E-state index in [-0.39, 0.29) is 23.9 Å². The normalized spacial score (nSPS) is 12.8. The number of unbranched alkanes of at least 4 members (excludes halogenated alkanes) is 2. The number of carbonyl (C=O) groups is 2. The summed E-state index contributed by atoms with van der Waals surface area (Å²) in [6.07, 6.45) is 3.34. The van der Waals surface area contributed by atoms with E-state index in [2.05, 4.69) is 0 Å². The third kappa shape index (κ3) is 6.88. The zero-order valence-corrected chi connectivity index (χ0v) is 11.9. The Bertz CT molecular complexity index is 314. The van der Waals surface area contributed by atoms with Crippen LogP contribution in [0.1, 0.15) is 52.9 Å². The Morgan fingerprint density at radius 3 is 2.53 bits per heavy atom. The number of rotatable bonds is 10. The molecule has 0 fully saturated rings. The maximum atomic E-state index is 11.8. The zero-order valence-electron chi connectivity index (χ0n) is 11.9. The number of ether oxygens (including phenoxy) is 1. The molecule has 0 aliphatic carbocycles. The summed E-state index contributed by atoms with van der Waals surface area (Å²) in [4.78, 5) is 32.6. The molecule has 0 aliphatic heterocycles. The lowest BCUT2D eigenvalue weighted by molar-refractivity contribution is -0.562. The monoisotopic (exact) mass is 273 g/mol. The highest BCUT2D eigenvalue weighted by Crippen LogP contribution is 2.25. The smallest absolute Gasteiger partial charge is 0.309 e. The Balaban J connectivity index is 4.53. The van der Waals surface area contributed by atoms with Crippen LogP contribution in [0.25, 0.3) is 0 Å². The summed E-state index contributed by atoms with van der Waals surface area (Å²) < 4.78 is 4.96. The van der Waals surface area contributed by atoms with Crippen molar-refractivity contribution >= 4 is 12.3 Å². The van der Waals surface area contributed by atoms with Crippen LogP contribution >= 0.6 is 0 Å². The molecule has 110 valence electrons. The van der Waals surface area contributed by atoms with Crippen molar-refractivity contribution < 1.29 is 19.2 Å². The van der Waals surface area contributed by atoms with Crippen LogP contribution < -0.4 is 0 Å². The molecule has 0 aromatic rings. The van der Waals surface area contributed by atoms with E-state index in [1.54, 1.807) is 6.92 Å². The molecule has 0 aromatic heterocycles. The van der Waals surface area contributed by atoms with E-state index < -0.39 is 11.5 Å². The lowest BCUT2D eigenvalue weighted by Gasteiger charge is -2.21. The molecule has 0 amide bonds. The number of nitro groups is 1. The first kappa shape index (κ1) is 17.5. The molecule has 19 heavy (non-hydrogen) atoms. The van der Waals surface area contributed by atoms with E-state index in [1.807, 2.05) is 0 Å². The Kier molecular flexibility index (Phi) is 7.95. The fourth-order valence-electron chi connectivity index (χ4n) is 1.86. The number of carbonyl (C=O) groups excluding carboxylic acids is 2. The summed E-state index contributed by atoms with van der Waals surface area (Å²) in [5.41, 5.74) is -1.15. The van der Waals surface area contributed by atoms with Crippen LogP contribution in [-0.4, -0.2) is 29.3 Å². The summed E-state index contributed by atoms with van der Waals surface area (Å²) in [6, 6.07) is 0. The predicted molar refractivity (Wildman–Crippen MR) is 70.3 cm³/mol. The fourth-order valence-corrected chi connectivity index (χ4v) is 1.86. The quantitative estimate of drug-likeness (QED) is 0.200. The van der Waals surface area contributed by atoms with Crippen LogP contribution in [0.4, 0.5) is 0 Å². The van der Waals surface area contributed by atoms with E-state index in [0.29, 0.717) is 25.7 Å². The molecular formula is C13H23NO5. The first-order valence-corrected chi connectivity index (χ1v) is 6.60. The molecule has 0 bridgehead atoms. The second-order valence-electron chi connectivity index (χ2n) is 5.17. The van der Waals surface area contributed by atoms with Crippen molar-refractivity contribution in [3.8, 4) is 0 Å². The van der Waals surface area contributed by atoms with Gasteiger partial charge in [-0.2, -0.15) is 0 Å². The Morgan fingerprint density at radius 1 is 1.42 bits per heavy atom. The van der Waals surface area contributed by atoms with Crippen LogP contribution in [-0.2, 0) is 14.3 Å². The molecular weight excluding hydrogens is 250 g/mol. The summed E-state index contributed by atoms with van der Waals surface area (Å²) in [7, 11) is 0. The van der Waals surface area contributed by atoms with Crippen LogP contribution in [0.5, 0.6) is 0 Å². The standard InChI is InChI=1S/C13H23NO5/c1-4-19-12(16)11(8-6-5-7-9-15)10-13(2,3)14(17)18/h9,11H,4-8,10H2,1-3H3. The van der Waals surface area contributed by atoms with Crippen LogP contribution in [0.15, 0.2) is 0 Å². The van der Waals surface area contributed by atoms with E-state index in [0.717, 1.165) is 6.29 Å². The van der Waals surface area contributed by atoms with Crippen molar-refractivity contribution in [2.24, 2.45) is 5.92 Å². The second kappa shape index (κ2) is 8.61. The predicted octanol–water partition coefficient (Wildman–Crippen LogP) is 2.37. The largest absolute Gasteiger partial charge is 0.466 e. The zero-order chi connectivity index (χ0) is 14.9. The molecule has 0 saturated heterocycles. The van der Waals surface area contributed by atoms with E-state index in [1.165, 1.54) is 13.8 Å². The van der Waals surface area contributed by atoms with Crippen LogP contribution in [0.2, 0.25) is 0 Å². The number of hydrogen-bond acceptors (Lipinski definition) is 5. The molecule has 6 heteroatoms. The first-order chi connectivity index (χ1) is 8.85. The van der Waals surface area contributed by atoms with Crippen molar-refractivity contribution in [2.45, 2.75) is 58.4 Å². The maximum absolute atomic E-state index is 11.8. The average Bonchev–Trinajstić information content (AvgIpc) is 2.33. The molecule has 0 spiro atoms. The van der Waals surface area contributed by atoms with Crippen molar-refractivity contribution in [2.75, 3.05) is 6.61 Å². The molecule has 1 unspecified atom stereocenters. The summed E-state index contributed by atoms with van der Waals surface area (Å²) in [5.74, 6) is -0.865. The van der Waals surface area contributed by atoms with Crippen molar-refractivity contribution in [1.29, 1.82) is 0 Å². The van der Waals surface area contributed by atoms with Gasteiger partial charge in [0.2, 0.25) is 5.54 Å². The van der Waals surface area contributed by atoms with Gasteiger partial charge in [-0.25, -0.2) is 0 Å². The lowest BCUT2D eigenvalue weighted by atomic mass is 9.87. The van der Waals surface area contributed by atoms with Gasteiger partial charge in [0.05, 0.1) is 12.5 Å². The van der Waals surface area contributed by atoms with Gasteiger partial charge >= 0.3 is 5.97 Å². The molecule has 0 radical (unpaired) electrons. The molecule has 0 heterocycles. The van der Waals surface area contributed by atoms with Gasteiger partial charge < -0.3 is 9.53 Å². The minimum absolute atomic E-state index is 0.153. The topological polar surface area (TPSA) is 86.5 Å². The highest BCUT2D eigenvalue weighted by Gasteiger charge is 2.37. The van der Waals surface area contributed by atoms with Gasteiger partial charge in [0.25, 0.3) is 0 Å². The Labute approximate surface area is 113 Å². The third-order valence-corrected chi connectivity index (χ3v) is 2.98. The highest BCUT2D eigenvalue weighted by atomic mass is 16.6. The lowest BCUT2D eigenvalue weighted by Crippen LogP contribution is -2.36. The molecule has 1 atom stereocenters. The third-order valence-electron chi connectivity index (χ3n) is 2.98. The molecule has 0 rings (SSSR count). The van der Waals surface area contributed by atoms with Crippen LogP contribution in [0.3, 0.4) is 0 Å². The second-order valence-corrected chi connectivity index (χ2v) is 5.17. The number of hydrogen-bond donors (Lipinski definition) is 0. The Morgan fingerprint density at radius 2 is 2.05 bits per heavy atom. The molecule has 0 N–H and O–H groups in total. The van der Waals surface area contributed by atoms with Gasteiger partial charge in [0.1, 0.15) is 6.29 Å². The van der Waals surface area contributed by atoms with E-state index >= 15 is 0 Å². The summed E-state index contributed by atoms with van der Waals surface area (Å²) >= 11 is 0. The summed E-state index contributed by atoms with van der Waals surface area (Å²) in [5, 5.41) is 10.9. The maximum Gasteiger partial charge on any atom is 0.309 e. The molecule has 0 saturated carbocycles. The highest BCUT2D eigenvalue weighted by molar-refractivity contribution is 5.72. The van der Waals surface area contributed by atoms with Crippen molar-refractivity contribution in [3.63, 3.8) is 0 Å². The number of esters is 1. The van der Waals surface area contributed by atoms with Crippen molar-refractivity contribution in [3.05, 3.63) is 10.1 Å². The number of aldehydes is 1. The van der Waals surface area contributed by atoms with Gasteiger partial charge in [-0.1, -0.05) is 6.42 Å². The number of nitrogens with zero attached hydrogens (tertiary/aromatic N) is 1. The summed E-state index contributed by atoms with van der Waals surface area (Å²) in [6.45, 7) is 4.98. The fraction of sp³-hybridized carbons (Fsp3) is 0.846. The Hall–Kier alpha value is -1.46. The van der Waals surface area contributed by atoms with E-state index in [9.17, 15) is 19.7 Å². The molecule has 0 aromatic carbocycles. The first-order valence-electron chi connectivity index (χ1n) is 6.60. The SMILES string of the molecule is CCOC(=O)C(CCCCC=O)CC(C)(C)[N+](=O)[O-]. The van der Waals surface area contributed by atoms with Crippen LogP contribution in [0, 0.1) is 16.0 Å². The van der Waals surface area contributed by atoms with Gasteiger partial charge in [0, 0.05) is 31.6 Å². The molecule has 0 aliphatic rings. The van der Waals surface area contributed by atoms with Crippen molar-refractivity contribution in [1.82, 2.24) is 0 Å².